The third-order valence-corrected chi connectivity index (χ3v) is 3.01. The number of carboxylic acid groups (broad SMARTS) is 1. The van der Waals surface area contributed by atoms with E-state index in [4.69, 9.17) is 10.6 Å². The van der Waals surface area contributed by atoms with Gasteiger partial charge in [0.05, 0.1) is 11.7 Å². The Labute approximate surface area is 117 Å². The Bertz CT molecular complexity index is 517. The number of nitrogens with zero attached hydrogens (tertiary/aromatic N) is 3. The van der Waals surface area contributed by atoms with Crippen molar-refractivity contribution >= 4 is 21.9 Å². The van der Waals surface area contributed by atoms with Crippen molar-refractivity contribution in [2.75, 3.05) is 6.54 Å². The summed E-state index contributed by atoms with van der Waals surface area (Å²) in [6.07, 6.45) is -2.54. The fourth-order valence-electron chi connectivity index (χ4n) is 1.57. The molecule has 0 aliphatic carbocycles. The van der Waals surface area contributed by atoms with Crippen LogP contribution in [0.15, 0.2) is 27.8 Å². The molecule has 0 aromatic heterocycles. The summed E-state index contributed by atoms with van der Waals surface area (Å²) < 4.78 is 0.591. The summed E-state index contributed by atoms with van der Waals surface area (Å²) >= 11 is 3.17. The lowest BCUT2D eigenvalue weighted by Crippen LogP contribution is -2.21. The number of aromatic carboxylic acids is 1. The average Bonchev–Trinajstić information content (AvgIpc) is 2.37. The third-order valence-electron chi connectivity index (χ3n) is 2.52. The third kappa shape index (κ3) is 4.22. The van der Waals surface area contributed by atoms with Crippen LogP contribution in [0.25, 0.3) is 10.4 Å². The van der Waals surface area contributed by atoms with E-state index in [9.17, 15) is 15.0 Å². The minimum Gasteiger partial charge on any atom is -0.478 e. The molecule has 19 heavy (non-hydrogen) atoms. The fraction of sp³-hybridized carbons (Fsp3) is 0.364. The number of rotatable bonds is 6. The first kappa shape index (κ1) is 15.5. The Morgan fingerprint density at radius 1 is 1.47 bits per heavy atom. The van der Waals surface area contributed by atoms with Gasteiger partial charge < -0.3 is 15.3 Å². The molecule has 0 aliphatic heterocycles. The van der Waals surface area contributed by atoms with E-state index in [0.29, 0.717) is 4.47 Å². The molecule has 7 nitrogen and oxygen atoms in total. The molecule has 0 saturated carbocycles. The molecule has 0 heterocycles. The van der Waals surface area contributed by atoms with E-state index in [1.165, 1.54) is 18.2 Å². The molecule has 0 fully saturated rings. The highest BCUT2D eigenvalue weighted by molar-refractivity contribution is 9.10. The highest BCUT2D eigenvalue weighted by Crippen LogP contribution is 2.26. The van der Waals surface area contributed by atoms with Crippen LogP contribution in [0, 0.1) is 0 Å². The largest absolute Gasteiger partial charge is 0.478 e. The highest BCUT2D eigenvalue weighted by atomic mass is 79.9. The zero-order valence-electron chi connectivity index (χ0n) is 9.77. The van der Waals surface area contributed by atoms with Crippen molar-refractivity contribution in [3.05, 3.63) is 44.2 Å². The highest BCUT2D eigenvalue weighted by Gasteiger charge is 2.23. The second-order valence-electron chi connectivity index (χ2n) is 3.79. The number of azide groups is 1. The predicted molar refractivity (Wildman–Crippen MR) is 70.7 cm³/mol. The first-order valence-corrected chi connectivity index (χ1v) is 6.16. The molecule has 0 bridgehead atoms. The molecular weight excluding hydrogens is 318 g/mol. The second-order valence-corrected chi connectivity index (χ2v) is 4.71. The topological polar surface area (TPSA) is 127 Å². The van der Waals surface area contributed by atoms with Crippen LogP contribution in [-0.2, 0) is 0 Å². The maximum Gasteiger partial charge on any atom is 0.336 e. The van der Waals surface area contributed by atoms with Gasteiger partial charge in [-0.15, -0.1) is 0 Å². The summed E-state index contributed by atoms with van der Waals surface area (Å²) in [5.74, 6) is -1.19. The van der Waals surface area contributed by atoms with Crippen LogP contribution < -0.4 is 0 Å². The number of halogens is 1. The molecule has 0 aliphatic rings. The van der Waals surface area contributed by atoms with Crippen LogP contribution in [-0.4, -0.2) is 33.9 Å². The zero-order chi connectivity index (χ0) is 14.4. The maximum atomic E-state index is 11.0. The van der Waals surface area contributed by atoms with Gasteiger partial charge in [0.1, 0.15) is 6.10 Å². The number of carbonyl (C=O) groups is 1. The molecule has 102 valence electrons. The number of benzene rings is 1. The monoisotopic (exact) mass is 329 g/mol. The van der Waals surface area contributed by atoms with Crippen LogP contribution in [0.3, 0.4) is 0 Å². The Kier molecular flexibility index (Phi) is 5.78. The fourth-order valence-corrected chi connectivity index (χ4v) is 1.95. The van der Waals surface area contributed by atoms with Crippen molar-refractivity contribution < 1.29 is 20.1 Å². The maximum absolute atomic E-state index is 11.0. The normalized spacial score (nSPS) is 13.4. The van der Waals surface area contributed by atoms with Crippen molar-refractivity contribution in [2.45, 2.75) is 18.6 Å². The minimum absolute atomic E-state index is 0.0190. The molecule has 0 radical (unpaired) electrons. The van der Waals surface area contributed by atoms with E-state index in [-0.39, 0.29) is 24.1 Å². The van der Waals surface area contributed by atoms with Gasteiger partial charge in [-0.25, -0.2) is 4.79 Å². The smallest absolute Gasteiger partial charge is 0.336 e. The second kappa shape index (κ2) is 7.10. The first-order valence-electron chi connectivity index (χ1n) is 5.37. The molecule has 8 heteroatoms. The molecule has 3 N–H and O–H groups in total. The lowest BCUT2D eigenvalue weighted by molar-refractivity contribution is 0.0141. The summed E-state index contributed by atoms with van der Waals surface area (Å²) in [5.41, 5.74) is 8.14. The number of aliphatic hydroxyl groups excluding tert-OH is 2. The summed E-state index contributed by atoms with van der Waals surface area (Å²) in [6, 6.07) is 4.31. The van der Waals surface area contributed by atoms with Gasteiger partial charge in [0, 0.05) is 15.9 Å². The SMILES string of the molecule is [N-]=[N+]=NCCC(O)C(O)c1cc(Br)ccc1C(=O)O. The summed E-state index contributed by atoms with van der Waals surface area (Å²) in [7, 11) is 0. The van der Waals surface area contributed by atoms with Gasteiger partial charge in [-0.05, 0) is 35.7 Å². The van der Waals surface area contributed by atoms with Gasteiger partial charge in [0.2, 0.25) is 0 Å². The van der Waals surface area contributed by atoms with E-state index >= 15 is 0 Å². The lowest BCUT2D eigenvalue weighted by atomic mass is 9.97. The van der Waals surface area contributed by atoms with E-state index in [2.05, 4.69) is 26.0 Å². The first-order chi connectivity index (χ1) is 8.97. The van der Waals surface area contributed by atoms with Gasteiger partial charge in [0.25, 0.3) is 0 Å². The Morgan fingerprint density at radius 2 is 2.16 bits per heavy atom. The summed E-state index contributed by atoms with van der Waals surface area (Å²) in [5, 5.41) is 32.0. The van der Waals surface area contributed by atoms with Crippen molar-refractivity contribution in [1.29, 1.82) is 0 Å². The molecular formula is C11H12BrN3O4. The Balaban J connectivity index is 2.96. The molecule has 1 rings (SSSR count). The van der Waals surface area contributed by atoms with Crippen molar-refractivity contribution in [3.63, 3.8) is 0 Å². The van der Waals surface area contributed by atoms with Crippen molar-refractivity contribution in [3.8, 4) is 0 Å². The zero-order valence-corrected chi connectivity index (χ0v) is 11.4. The minimum atomic E-state index is -1.36. The number of aliphatic hydroxyl groups is 2. The number of hydrogen-bond donors (Lipinski definition) is 3. The molecule has 0 saturated heterocycles. The quantitative estimate of drug-likeness (QED) is 0.420. The lowest BCUT2D eigenvalue weighted by Gasteiger charge is -2.19. The molecule has 0 spiro atoms. The van der Waals surface area contributed by atoms with Crippen LogP contribution in [0.5, 0.6) is 0 Å². The Hall–Kier alpha value is -1.60. The number of hydrogen-bond acceptors (Lipinski definition) is 4. The molecule has 1 aromatic carbocycles. The van der Waals surface area contributed by atoms with Gasteiger partial charge in [0.15, 0.2) is 0 Å². The summed E-state index contributed by atoms with van der Waals surface area (Å²) in [4.78, 5) is 13.6. The van der Waals surface area contributed by atoms with Gasteiger partial charge in [-0.1, -0.05) is 21.0 Å². The van der Waals surface area contributed by atoms with E-state index < -0.39 is 18.2 Å². The molecule has 2 atom stereocenters. The number of carboxylic acids is 1. The van der Waals surface area contributed by atoms with Crippen LogP contribution in [0.4, 0.5) is 0 Å². The van der Waals surface area contributed by atoms with Crippen LogP contribution >= 0.6 is 15.9 Å². The molecule has 2 unspecified atom stereocenters. The predicted octanol–water partition coefficient (Wildman–Crippen LogP) is 2.24. The van der Waals surface area contributed by atoms with Crippen molar-refractivity contribution in [2.24, 2.45) is 5.11 Å². The molecule has 0 amide bonds. The van der Waals surface area contributed by atoms with E-state index in [1.54, 1.807) is 0 Å². The summed E-state index contributed by atoms with van der Waals surface area (Å²) in [6.45, 7) is 0.0190. The van der Waals surface area contributed by atoms with Crippen molar-refractivity contribution in [1.82, 2.24) is 0 Å². The van der Waals surface area contributed by atoms with Crippen LogP contribution in [0.2, 0.25) is 0 Å². The van der Waals surface area contributed by atoms with Crippen LogP contribution in [0.1, 0.15) is 28.4 Å². The molecule has 1 aromatic rings. The van der Waals surface area contributed by atoms with Gasteiger partial charge in [-0.2, -0.15) is 0 Å². The average molecular weight is 330 g/mol. The standard InChI is InChI=1S/C11H12BrN3O4/c12-6-1-2-7(11(18)19)8(5-6)10(17)9(16)3-4-14-15-13/h1-2,5,9-10,16-17H,3-4H2,(H,18,19). The van der Waals surface area contributed by atoms with E-state index in [1.807, 2.05) is 0 Å². The van der Waals surface area contributed by atoms with E-state index in [0.717, 1.165) is 0 Å². The Morgan fingerprint density at radius 3 is 2.74 bits per heavy atom. The van der Waals surface area contributed by atoms with Gasteiger partial charge >= 0.3 is 5.97 Å². The van der Waals surface area contributed by atoms with Gasteiger partial charge in [-0.3, -0.25) is 0 Å².